The van der Waals surface area contributed by atoms with Gasteiger partial charge in [0.05, 0.1) is 0 Å². The zero-order valence-electron chi connectivity index (χ0n) is 13.1. The smallest absolute Gasteiger partial charge is 0.325 e. The van der Waals surface area contributed by atoms with E-state index >= 15 is 0 Å². The van der Waals surface area contributed by atoms with Crippen LogP contribution in [0.2, 0.25) is 0 Å². The van der Waals surface area contributed by atoms with E-state index in [1.807, 2.05) is 0 Å². The lowest BCUT2D eigenvalue weighted by molar-refractivity contribution is -0.145. The predicted molar refractivity (Wildman–Crippen MR) is 80.7 cm³/mol. The molecule has 0 bridgehead atoms. The van der Waals surface area contributed by atoms with Crippen molar-refractivity contribution in [3.8, 4) is 0 Å². The van der Waals surface area contributed by atoms with Crippen LogP contribution >= 0.6 is 10.2 Å². The van der Waals surface area contributed by atoms with Gasteiger partial charge in [-0.2, -0.15) is 0 Å². The lowest BCUT2D eigenvalue weighted by Gasteiger charge is -2.39. The molecule has 0 saturated carbocycles. The van der Waals surface area contributed by atoms with Gasteiger partial charge in [0.25, 0.3) is 10.2 Å². The van der Waals surface area contributed by atoms with Crippen molar-refractivity contribution >= 4 is 16.2 Å². The van der Waals surface area contributed by atoms with E-state index in [9.17, 15) is 28.6 Å². The van der Waals surface area contributed by atoms with Gasteiger partial charge in [-0.3, -0.25) is 4.79 Å². The molecule has 0 N–H and O–H groups in total. The van der Waals surface area contributed by atoms with E-state index in [0.29, 0.717) is 12.8 Å². The molecule has 23 heavy (non-hydrogen) atoms. The van der Waals surface area contributed by atoms with Crippen molar-refractivity contribution in [1.82, 2.24) is 0 Å². The van der Waals surface area contributed by atoms with Crippen molar-refractivity contribution in [2.45, 2.75) is 64.4 Å². The maximum Gasteiger partial charge on any atom is 0.325 e. The number of hydrogen-bond acceptors (Lipinski definition) is 2. The van der Waals surface area contributed by atoms with Crippen molar-refractivity contribution in [3.05, 3.63) is 12.4 Å². The average Bonchev–Trinajstić information content (AvgIpc) is 2.32. The summed E-state index contributed by atoms with van der Waals surface area (Å²) in [6.07, 6.45) is 4.52. The molecule has 1 unspecified atom stereocenters. The number of hydrogen-bond donors (Lipinski definition) is 0. The van der Waals surface area contributed by atoms with Crippen LogP contribution in [0.3, 0.4) is 0 Å². The molecule has 140 valence electrons. The zero-order chi connectivity index (χ0) is 18.2. The first-order chi connectivity index (χ1) is 10.2. The van der Waals surface area contributed by atoms with Crippen LogP contribution in [0.15, 0.2) is 12.4 Å². The highest BCUT2D eigenvalue weighted by Gasteiger charge is 2.65. The van der Waals surface area contributed by atoms with E-state index in [2.05, 4.69) is 18.2 Å². The first-order valence-corrected chi connectivity index (χ1v) is 9.62. The molecule has 9 heteroatoms. The Morgan fingerprint density at radius 2 is 1.48 bits per heavy atom. The fraction of sp³-hybridized carbons (Fsp3) is 0.786. The summed E-state index contributed by atoms with van der Waals surface area (Å²) in [5.74, 6) is -6.32. The van der Waals surface area contributed by atoms with Crippen molar-refractivity contribution in [1.29, 1.82) is 0 Å². The van der Waals surface area contributed by atoms with Gasteiger partial charge >= 0.3 is 5.97 Å². The van der Waals surface area contributed by atoms with Gasteiger partial charge < -0.3 is 4.74 Å². The van der Waals surface area contributed by atoms with Crippen LogP contribution in [0.4, 0.5) is 23.8 Å². The topological polar surface area (TPSA) is 26.3 Å². The molecule has 2 nitrogen and oxygen atoms in total. The molecule has 0 aromatic rings. The van der Waals surface area contributed by atoms with E-state index in [1.54, 1.807) is 0 Å². The van der Waals surface area contributed by atoms with Crippen LogP contribution in [0.5, 0.6) is 0 Å². The van der Waals surface area contributed by atoms with Crippen LogP contribution in [0, 0.1) is 0 Å². The maximum absolute atomic E-state index is 13.1. The first kappa shape index (κ1) is 22.1. The third-order valence-corrected chi connectivity index (χ3v) is 3.86. The predicted octanol–water partition coefficient (Wildman–Crippen LogP) is 6.82. The minimum absolute atomic E-state index is 0.0742. The fourth-order valence-corrected chi connectivity index (χ4v) is 2.50. The number of esters is 1. The summed E-state index contributed by atoms with van der Waals surface area (Å²) in [6.45, 7) is 4.94. The molecule has 0 fully saturated rings. The molecule has 0 aliphatic heterocycles. The van der Waals surface area contributed by atoms with Crippen molar-refractivity contribution < 1.29 is 33.4 Å². The normalized spacial score (nSPS) is 16.3. The number of unbranched alkanes of at least 4 members (excludes halogenated alkanes) is 6. The third-order valence-electron chi connectivity index (χ3n) is 3.08. The van der Waals surface area contributed by atoms with Gasteiger partial charge in [-0.05, 0) is 12.8 Å². The summed E-state index contributed by atoms with van der Waals surface area (Å²) in [5, 5.41) is 0. The SMILES string of the molecule is C=C(F)C(CCCCCCCCC)OC(=O)CS(F)(F)(F)(F)F. The number of carbonyl (C=O) groups is 1. The van der Waals surface area contributed by atoms with Crippen LogP contribution in [-0.4, -0.2) is 17.8 Å². The minimum Gasteiger partial charge on any atom is -0.454 e. The third kappa shape index (κ3) is 14.5. The monoisotopic (exact) mass is 370 g/mol. The molecule has 0 aliphatic rings. The number of halogens is 6. The second-order valence-electron chi connectivity index (χ2n) is 5.61. The minimum atomic E-state index is -9.90. The maximum atomic E-state index is 13.1. The molecule has 1 atom stereocenters. The summed E-state index contributed by atoms with van der Waals surface area (Å²) in [4.78, 5) is 11.0. The summed E-state index contributed by atoms with van der Waals surface area (Å²) >= 11 is 0. The highest BCUT2D eigenvalue weighted by atomic mass is 32.5. The molecular weight excluding hydrogens is 346 g/mol. The molecule has 0 radical (unpaired) electrons. The van der Waals surface area contributed by atoms with Gasteiger partial charge in [0, 0.05) is 0 Å². The molecular formula is C14H24F6O2S. The average molecular weight is 370 g/mol. The number of carbonyl (C=O) groups excluding carboxylic acids is 1. The van der Waals surface area contributed by atoms with E-state index in [4.69, 9.17) is 0 Å². The summed E-state index contributed by atoms with van der Waals surface area (Å²) in [7, 11) is -9.90. The van der Waals surface area contributed by atoms with Crippen molar-refractivity contribution in [2.24, 2.45) is 0 Å². The quantitative estimate of drug-likeness (QED) is 0.214. The van der Waals surface area contributed by atoms with Crippen molar-refractivity contribution in [2.75, 3.05) is 5.75 Å². The Morgan fingerprint density at radius 1 is 1.00 bits per heavy atom. The fourth-order valence-electron chi connectivity index (χ4n) is 1.98. The van der Waals surface area contributed by atoms with Crippen LogP contribution in [-0.2, 0) is 9.53 Å². The Morgan fingerprint density at radius 3 is 1.91 bits per heavy atom. The number of ether oxygens (including phenoxy) is 1. The molecule has 0 spiro atoms. The molecule has 0 aromatic heterocycles. The second-order valence-corrected chi connectivity index (χ2v) is 8.15. The van der Waals surface area contributed by atoms with Gasteiger partial charge in [0.1, 0.15) is 5.83 Å². The highest BCUT2D eigenvalue weighted by Crippen LogP contribution is 2.97. The van der Waals surface area contributed by atoms with Gasteiger partial charge in [0.2, 0.25) is 0 Å². The lowest BCUT2D eigenvalue weighted by atomic mass is 10.1. The molecule has 0 saturated heterocycles. The van der Waals surface area contributed by atoms with Gasteiger partial charge in [0.15, 0.2) is 11.9 Å². The number of rotatable bonds is 12. The second kappa shape index (κ2) is 7.81. The molecule has 0 heterocycles. The van der Waals surface area contributed by atoms with Crippen LogP contribution in [0.25, 0.3) is 0 Å². The largest absolute Gasteiger partial charge is 0.454 e. The van der Waals surface area contributed by atoms with Gasteiger partial charge in [-0.15, -0.1) is 0 Å². The van der Waals surface area contributed by atoms with Crippen molar-refractivity contribution in [3.63, 3.8) is 0 Å². The summed E-state index contributed by atoms with van der Waals surface area (Å²) < 4.78 is 78.0. The summed E-state index contributed by atoms with van der Waals surface area (Å²) in [5.41, 5.74) is 0. The molecule has 0 aromatic carbocycles. The highest BCUT2D eigenvalue weighted by molar-refractivity contribution is 8.46. The standard InChI is InChI=1S/C14H24F6O2S/c1-3-4-5-6-7-8-9-10-13(12(2)15)22-14(21)11-23(16,17,18,19)20/h13H,2-11H2,1H3. The van der Waals surface area contributed by atoms with Gasteiger partial charge in [-0.1, -0.05) is 71.5 Å². The van der Waals surface area contributed by atoms with E-state index in [-0.39, 0.29) is 6.42 Å². The Kier molecular flexibility index (Phi) is 7.52. The Bertz CT molecular complexity index is 406. The molecule has 0 amide bonds. The Labute approximate surface area is 133 Å². The van der Waals surface area contributed by atoms with E-state index in [0.717, 1.165) is 32.1 Å². The van der Waals surface area contributed by atoms with E-state index < -0.39 is 33.9 Å². The van der Waals surface area contributed by atoms with Crippen LogP contribution < -0.4 is 0 Å². The van der Waals surface area contributed by atoms with Crippen LogP contribution in [0.1, 0.15) is 58.3 Å². The Balaban J connectivity index is 4.23. The summed E-state index contributed by atoms with van der Waals surface area (Å²) in [6, 6.07) is 0. The lowest BCUT2D eigenvalue weighted by Crippen LogP contribution is -2.26. The van der Waals surface area contributed by atoms with E-state index in [1.165, 1.54) is 0 Å². The van der Waals surface area contributed by atoms with Gasteiger partial charge in [-0.25, -0.2) is 4.39 Å². The molecule has 0 rings (SSSR count). The molecule has 0 aliphatic carbocycles. The zero-order valence-corrected chi connectivity index (χ0v) is 14.0. The first-order valence-electron chi connectivity index (χ1n) is 7.50. The Hall–Kier alpha value is -0.860.